The Hall–Kier alpha value is -2.29. The first kappa shape index (κ1) is 12.7. The molecule has 1 aliphatic rings. The van der Waals surface area contributed by atoms with Gasteiger partial charge in [-0.05, 0) is 30.2 Å². The highest BCUT2D eigenvalue weighted by Crippen LogP contribution is 2.37. The monoisotopic (exact) mass is 268 g/mol. The van der Waals surface area contributed by atoms with Crippen molar-refractivity contribution in [2.24, 2.45) is 0 Å². The van der Waals surface area contributed by atoms with Crippen molar-refractivity contribution in [2.75, 3.05) is 7.11 Å². The number of Topliss-reactive ketones (excluding diaryl/α,β-unsaturated/α-hetero) is 1. The van der Waals surface area contributed by atoms with Gasteiger partial charge in [-0.3, -0.25) is 4.79 Å². The molecular formula is C17H16O3. The standard InChI is InChI=1S/C17H16O3/c1-11-5-3-4-6-13(11)17-10-15(18)14-8-7-12(19-2)9-16(14)20-17/h3-9,17H,10H2,1-2H3. The van der Waals surface area contributed by atoms with E-state index in [1.807, 2.05) is 31.2 Å². The molecule has 3 nitrogen and oxygen atoms in total. The summed E-state index contributed by atoms with van der Waals surface area (Å²) in [5.41, 5.74) is 2.83. The summed E-state index contributed by atoms with van der Waals surface area (Å²) in [6.07, 6.45) is 0.160. The van der Waals surface area contributed by atoms with Gasteiger partial charge in [0.15, 0.2) is 5.78 Å². The fourth-order valence-electron chi connectivity index (χ4n) is 2.55. The van der Waals surface area contributed by atoms with Crippen LogP contribution >= 0.6 is 0 Å². The lowest BCUT2D eigenvalue weighted by Gasteiger charge is -2.26. The highest BCUT2D eigenvalue weighted by Gasteiger charge is 2.28. The van der Waals surface area contributed by atoms with Crippen LogP contribution in [-0.4, -0.2) is 12.9 Å². The number of carbonyl (C=O) groups is 1. The zero-order valence-electron chi connectivity index (χ0n) is 11.6. The largest absolute Gasteiger partial charge is 0.497 e. The molecule has 2 aromatic carbocycles. The van der Waals surface area contributed by atoms with Gasteiger partial charge in [0.05, 0.1) is 19.1 Å². The number of methoxy groups -OCH3 is 1. The molecule has 0 saturated heterocycles. The molecule has 0 radical (unpaired) electrons. The van der Waals surface area contributed by atoms with Crippen LogP contribution in [0.3, 0.4) is 0 Å². The number of rotatable bonds is 2. The molecule has 0 saturated carbocycles. The maximum Gasteiger partial charge on any atom is 0.170 e. The van der Waals surface area contributed by atoms with E-state index in [-0.39, 0.29) is 11.9 Å². The topological polar surface area (TPSA) is 35.5 Å². The van der Waals surface area contributed by atoms with Crippen molar-refractivity contribution < 1.29 is 14.3 Å². The second-order valence-electron chi connectivity index (χ2n) is 4.95. The van der Waals surface area contributed by atoms with E-state index in [2.05, 4.69) is 0 Å². The molecule has 0 spiro atoms. The fourth-order valence-corrected chi connectivity index (χ4v) is 2.55. The van der Waals surface area contributed by atoms with Gasteiger partial charge in [-0.1, -0.05) is 24.3 Å². The highest BCUT2D eigenvalue weighted by atomic mass is 16.5. The fraction of sp³-hybridized carbons (Fsp3) is 0.235. The van der Waals surface area contributed by atoms with Crippen LogP contribution in [0.15, 0.2) is 42.5 Å². The summed E-state index contributed by atoms with van der Waals surface area (Å²) in [6.45, 7) is 2.03. The molecule has 0 aromatic heterocycles. The molecule has 1 unspecified atom stereocenters. The maximum atomic E-state index is 12.3. The molecule has 1 aliphatic heterocycles. The van der Waals surface area contributed by atoms with E-state index in [1.54, 1.807) is 25.3 Å². The molecule has 1 atom stereocenters. The third kappa shape index (κ3) is 2.16. The predicted molar refractivity (Wildman–Crippen MR) is 76.5 cm³/mol. The lowest BCUT2D eigenvalue weighted by Crippen LogP contribution is -2.21. The van der Waals surface area contributed by atoms with E-state index in [9.17, 15) is 4.79 Å². The van der Waals surface area contributed by atoms with Crippen molar-refractivity contribution in [2.45, 2.75) is 19.4 Å². The normalized spacial score (nSPS) is 17.3. The quantitative estimate of drug-likeness (QED) is 0.833. The van der Waals surface area contributed by atoms with E-state index < -0.39 is 0 Å². The van der Waals surface area contributed by atoms with Crippen LogP contribution in [0.4, 0.5) is 0 Å². The van der Waals surface area contributed by atoms with Gasteiger partial charge >= 0.3 is 0 Å². The number of ketones is 1. The van der Waals surface area contributed by atoms with E-state index in [1.165, 1.54) is 0 Å². The van der Waals surface area contributed by atoms with E-state index >= 15 is 0 Å². The number of aryl methyl sites for hydroxylation is 1. The first-order valence-electron chi connectivity index (χ1n) is 6.62. The number of benzene rings is 2. The minimum absolute atomic E-state index is 0.113. The number of hydrogen-bond acceptors (Lipinski definition) is 3. The van der Waals surface area contributed by atoms with Crippen LogP contribution in [0.1, 0.15) is 34.0 Å². The summed E-state index contributed by atoms with van der Waals surface area (Å²) in [4.78, 5) is 12.3. The van der Waals surface area contributed by atoms with Crippen LogP contribution in [0, 0.1) is 6.92 Å². The minimum atomic E-state index is -0.219. The Balaban J connectivity index is 1.99. The molecule has 102 valence electrons. The van der Waals surface area contributed by atoms with Gasteiger partial charge in [-0.15, -0.1) is 0 Å². The lowest BCUT2D eigenvalue weighted by atomic mass is 9.94. The number of fused-ring (bicyclic) bond motifs is 1. The average molecular weight is 268 g/mol. The Morgan fingerprint density at radius 3 is 2.75 bits per heavy atom. The molecule has 0 fully saturated rings. The van der Waals surface area contributed by atoms with Crippen molar-refractivity contribution >= 4 is 5.78 Å². The Kier molecular flexibility index (Phi) is 3.18. The molecule has 1 heterocycles. The Bertz CT molecular complexity index is 661. The lowest BCUT2D eigenvalue weighted by molar-refractivity contribution is 0.0849. The van der Waals surface area contributed by atoms with Crippen molar-refractivity contribution in [3.8, 4) is 11.5 Å². The van der Waals surface area contributed by atoms with Crippen LogP contribution in [0.2, 0.25) is 0 Å². The average Bonchev–Trinajstić information content (AvgIpc) is 2.47. The molecule has 20 heavy (non-hydrogen) atoms. The van der Waals surface area contributed by atoms with Crippen LogP contribution in [0.25, 0.3) is 0 Å². The SMILES string of the molecule is COc1ccc2c(c1)OC(c1ccccc1C)CC2=O. The second kappa shape index (κ2) is 5.00. The second-order valence-corrected chi connectivity index (χ2v) is 4.95. The third-order valence-electron chi connectivity index (χ3n) is 3.66. The predicted octanol–water partition coefficient (Wildman–Crippen LogP) is 3.71. The van der Waals surface area contributed by atoms with E-state index in [0.29, 0.717) is 23.5 Å². The summed E-state index contributed by atoms with van der Waals surface area (Å²) in [7, 11) is 1.60. The number of ether oxygens (including phenoxy) is 2. The van der Waals surface area contributed by atoms with Gasteiger partial charge < -0.3 is 9.47 Å². The summed E-state index contributed by atoms with van der Waals surface area (Å²) in [6, 6.07) is 13.3. The van der Waals surface area contributed by atoms with Gasteiger partial charge in [-0.25, -0.2) is 0 Å². The van der Waals surface area contributed by atoms with Crippen LogP contribution in [0.5, 0.6) is 11.5 Å². The van der Waals surface area contributed by atoms with Gasteiger partial charge in [0, 0.05) is 6.07 Å². The van der Waals surface area contributed by atoms with E-state index in [4.69, 9.17) is 9.47 Å². The molecule has 0 aliphatic carbocycles. The van der Waals surface area contributed by atoms with Crippen molar-refractivity contribution in [1.29, 1.82) is 0 Å². The summed E-state index contributed by atoms with van der Waals surface area (Å²) >= 11 is 0. The van der Waals surface area contributed by atoms with Gasteiger partial charge in [0.2, 0.25) is 0 Å². The first-order valence-corrected chi connectivity index (χ1v) is 6.62. The van der Waals surface area contributed by atoms with Crippen molar-refractivity contribution in [3.63, 3.8) is 0 Å². The zero-order valence-corrected chi connectivity index (χ0v) is 11.6. The Morgan fingerprint density at radius 2 is 2.00 bits per heavy atom. The molecule has 0 amide bonds. The van der Waals surface area contributed by atoms with Crippen LogP contribution in [-0.2, 0) is 0 Å². The molecule has 0 N–H and O–H groups in total. The molecule has 0 bridgehead atoms. The Labute approximate surface area is 118 Å². The molecular weight excluding hydrogens is 252 g/mol. The van der Waals surface area contributed by atoms with E-state index in [0.717, 1.165) is 11.1 Å². The number of hydrogen-bond donors (Lipinski definition) is 0. The molecule has 3 heteroatoms. The summed E-state index contributed by atoms with van der Waals surface area (Å²) < 4.78 is 11.2. The third-order valence-corrected chi connectivity index (χ3v) is 3.66. The van der Waals surface area contributed by atoms with Gasteiger partial charge in [-0.2, -0.15) is 0 Å². The van der Waals surface area contributed by atoms with Crippen molar-refractivity contribution in [1.82, 2.24) is 0 Å². The number of carbonyl (C=O) groups excluding carboxylic acids is 1. The first-order chi connectivity index (χ1) is 9.69. The van der Waals surface area contributed by atoms with Gasteiger partial charge in [0.1, 0.15) is 17.6 Å². The Morgan fingerprint density at radius 1 is 1.20 bits per heavy atom. The summed E-state index contributed by atoms with van der Waals surface area (Å²) in [5.74, 6) is 1.41. The molecule has 2 aromatic rings. The minimum Gasteiger partial charge on any atom is -0.497 e. The zero-order chi connectivity index (χ0) is 14.1. The molecule has 3 rings (SSSR count). The van der Waals surface area contributed by atoms with Crippen molar-refractivity contribution in [3.05, 3.63) is 59.2 Å². The van der Waals surface area contributed by atoms with Gasteiger partial charge in [0.25, 0.3) is 0 Å². The highest BCUT2D eigenvalue weighted by molar-refractivity contribution is 6.00. The van der Waals surface area contributed by atoms with Crippen LogP contribution < -0.4 is 9.47 Å². The smallest absolute Gasteiger partial charge is 0.170 e. The maximum absolute atomic E-state index is 12.3. The summed E-state index contributed by atoms with van der Waals surface area (Å²) in [5, 5.41) is 0.